The summed E-state index contributed by atoms with van der Waals surface area (Å²) in [5.74, 6) is 0.880. The fraction of sp³-hybridized carbons (Fsp3) is 0.0833. The first-order valence-corrected chi connectivity index (χ1v) is 6.13. The van der Waals surface area contributed by atoms with E-state index in [-0.39, 0.29) is 0 Å². The molecule has 1 aromatic carbocycles. The van der Waals surface area contributed by atoms with Crippen molar-refractivity contribution < 1.29 is 0 Å². The lowest BCUT2D eigenvalue weighted by atomic mass is 10.1. The molecular weight excluding hydrogens is 278 g/mol. The molecule has 2 heterocycles. The number of nitrogen functional groups attached to an aromatic ring is 1. The monoisotopic (exact) mass is 287 g/mol. The fourth-order valence-electron chi connectivity index (χ4n) is 1.74. The van der Waals surface area contributed by atoms with Crippen molar-refractivity contribution in [1.82, 2.24) is 30.2 Å². The maximum Gasteiger partial charge on any atom is 0.204 e. The second-order valence-corrected chi connectivity index (χ2v) is 4.53. The van der Waals surface area contributed by atoms with Gasteiger partial charge in [-0.2, -0.15) is 4.80 Å². The molecule has 0 aliphatic rings. The molecule has 3 rings (SSSR count). The summed E-state index contributed by atoms with van der Waals surface area (Å²) in [5.41, 5.74) is 7.70. The number of rotatable bonds is 2. The van der Waals surface area contributed by atoms with Gasteiger partial charge in [-0.05, 0) is 23.4 Å². The van der Waals surface area contributed by atoms with Crippen LogP contribution in [-0.4, -0.2) is 30.2 Å². The van der Waals surface area contributed by atoms with Gasteiger partial charge in [-0.25, -0.2) is 4.98 Å². The molecule has 100 valence electrons. The largest absolute Gasteiger partial charge is 0.382 e. The molecule has 0 spiro atoms. The van der Waals surface area contributed by atoms with Crippen molar-refractivity contribution in [3.8, 4) is 22.6 Å². The van der Waals surface area contributed by atoms with Gasteiger partial charge in [0, 0.05) is 11.1 Å². The normalized spacial score (nSPS) is 10.7. The van der Waals surface area contributed by atoms with Crippen LogP contribution in [0.4, 0.5) is 5.82 Å². The number of aryl methyl sites for hydroxylation is 1. The molecular formula is C12H10ClN7. The second kappa shape index (κ2) is 4.86. The lowest BCUT2D eigenvalue weighted by Crippen LogP contribution is -1.94. The highest BCUT2D eigenvalue weighted by Gasteiger charge is 2.10. The molecule has 8 heteroatoms. The van der Waals surface area contributed by atoms with E-state index in [1.54, 1.807) is 19.3 Å². The number of benzene rings is 1. The van der Waals surface area contributed by atoms with Crippen molar-refractivity contribution >= 4 is 17.4 Å². The fourth-order valence-corrected chi connectivity index (χ4v) is 1.95. The van der Waals surface area contributed by atoms with Gasteiger partial charge in [0.2, 0.25) is 5.82 Å². The molecule has 0 radical (unpaired) electrons. The predicted octanol–water partition coefficient (Wildman–Crippen LogP) is 1.57. The molecule has 0 saturated carbocycles. The topological polar surface area (TPSA) is 95.4 Å². The number of anilines is 1. The highest BCUT2D eigenvalue weighted by Crippen LogP contribution is 2.29. The van der Waals surface area contributed by atoms with E-state index in [0.29, 0.717) is 22.4 Å². The molecule has 0 amide bonds. The van der Waals surface area contributed by atoms with E-state index >= 15 is 0 Å². The van der Waals surface area contributed by atoms with Crippen LogP contribution in [0.5, 0.6) is 0 Å². The number of hydrogen-bond donors (Lipinski definition) is 1. The van der Waals surface area contributed by atoms with Crippen LogP contribution in [0.3, 0.4) is 0 Å². The summed E-state index contributed by atoms with van der Waals surface area (Å²) in [6.07, 6.45) is 3.06. The van der Waals surface area contributed by atoms with Gasteiger partial charge in [0.1, 0.15) is 5.82 Å². The van der Waals surface area contributed by atoms with E-state index in [0.717, 1.165) is 11.1 Å². The quantitative estimate of drug-likeness (QED) is 0.768. The summed E-state index contributed by atoms with van der Waals surface area (Å²) in [6.45, 7) is 0. The highest BCUT2D eigenvalue weighted by molar-refractivity contribution is 6.33. The minimum atomic E-state index is 0.358. The minimum absolute atomic E-state index is 0.358. The lowest BCUT2D eigenvalue weighted by Gasteiger charge is -2.05. The lowest BCUT2D eigenvalue weighted by molar-refractivity contribution is 0.630. The Morgan fingerprint density at radius 3 is 2.70 bits per heavy atom. The smallest absolute Gasteiger partial charge is 0.204 e. The molecule has 0 unspecified atom stereocenters. The van der Waals surface area contributed by atoms with E-state index in [1.807, 2.05) is 12.1 Å². The third-order valence-electron chi connectivity index (χ3n) is 2.68. The van der Waals surface area contributed by atoms with Gasteiger partial charge in [0.05, 0.1) is 30.2 Å². The van der Waals surface area contributed by atoms with E-state index in [1.165, 1.54) is 11.0 Å². The molecule has 0 aliphatic heterocycles. The summed E-state index contributed by atoms with van der Waals surface area (Å²) < 4.78 is 0. The Hall–Kier alpha value is -2.54. The Labute approximate surface area is 119 Å². The van der Waals surface area contributed by atoms with Crippen LogP contribution in [-0.2, 0) is 7.05 Å². The van der Waals surface area contributed by atoms with Crippen molar-refractivity contribution in [3.63, 3.8) is 0 Å². The number of tetrazole rings is 1. The van der Waals surface area contributed by atoms with Crippen LogP contribution in [0.1, 0.15) is 0 Å². The van der Waals surface area contributed by atoms with Crippen molar-refractivity contribution in [3.05, 3.63) is 35.6 Å². The Morgan fingerprint density at radius 2 is 2.05 bits per heavy atom. The van der Waals surface area contributed by atoms with Gasteiger partial charge in [-0.15, -0.1) is 10.2 Å². The molecule has 3 aromatic rings. The Kier molecular flexibility index (Phi) is 3.03. The molecule has 0 aliphatic carbocycles. The Morgan fingerprint density at radius 1 is 1.20 bits per heavy atom. The molecule has 0 fully saturated rings. The summed E-state index contributed by atoms with van der Waals surface area (Å²) >= 11 is 6.20. The van der Waals surface area contributed by atoms with Crippen LogP contribution in [0.15, 0.2) is 30.6 Å². The molecule has 0 saturated heterocycles. The van der Waals surface area contributed by atoms with E-state index in [9.17, 15) is 0 Å². The first-order valence-electron chi connectivity index (χ1n) is 5.75. The number of halogens is 1. The molecule has 2 aromatic heterocycles. The molecule has 7 nitrogen and oxygen atoms in total. The zero-order chi connectivity index (χ0) is 14.1. The number of nitrogens with two attached hydrogens (primary N) is 1. The van der Waals surface area contributed by atoms with Crippen molar-refractivity contribution in [2.75, 3.05) is 5.73 Å². The third kappa shape index (κ3) is 2.30. The standard InChI is InChI=1S/C12H10ClN7/c1-20-18-12(17-19-20)7-2-3-9(13)8(4-7)10-5-16-11(14)6-15-10/h2-6H,1H3,(H2,14,16). The third-order valence-corrected chi connectivity index (χ3v) is 3.01. The molecule has 2 N–H and O–H groups in total. The van der Waals surface area contributed by atoms with Gasteiger partial charge in [0.15, 0.2) is 0 Å². The molecule has 0 bridgehead atoms. The van der Waals surface area contributed by atoms with Crippen LogP contribution in [0.2, 0.25) is 5.02 Å². The van der Waals surface area contributed by atoms with Crippen molar-refractivity contribution in [2.45, 2.75) is 0 Å². The summed E-state index contributed by atoms with van der Waals surface area (Å²) in [6, 6.07) is 5.44. The van der Waals surface area contributed by atoms with Crippen molar-refractivity contribution in [2.24, 2.45) is 7.05 Å². The van der Waals surface area contributed by atoms with Crippen LogP contribution in [0, 0.1) is 0 Å². The van der Waals surface area contributed by atoms with Gasteiger partial charge in [0.25, 0.3) is 0 Å². The highest BCUT2D eigenvalue weighted by atomic mass is 35.5. The second-order valence-electron chi connectivity index (χ2n) is 4.12. The Balaban J connectivity index is 2.09. The van der Waals surface area contributed by atoms with Gasteiger partial charge in [-0.1, -0.05) is 11.6 Å². The first kappa shape index (κ1) is 12.5. The summed E-state index contributed by atoms with van der Waals surface area (Å²) in [4.78, 5) is 9.62. The average Bonchev–Trinajstić information content (AvgIpc) is 2.87. The van der Waals surface area contributed by atoms with Crippen LogP contribution in [0.25, 0.3) is 22.6 Å². The number of hydrogen-bond acceptors (Lipinski definition) is 6. The van der Waals surface area contributed by atoms with E-state index in [2.05, 4.69) is 25.4 Å². The average molecular weight is 288 g/mol. The maximum absolute atomic E-state index is 6.20. The first-order chi connectivity index (χ1) is 9.63. The summed E-state index contributed by atoms with van der Waals surface area (Å²) in [7, 11) is 1.71. The zero-order valence-electron chi connectivity index (χ0n) is 10.5. The van der Waals surface area contributed by atoms with Gasteiger partial charge < -0.3 is 5.73 Å². The molecule has 0 atom stereocenters. The predicted molar refractivity (Wildman–Crippen MR) is 74.7 cm³/mol. The maximum atomic E-state index is 6.20. The zero-order valence-corrected chi connectivity index (χ0v) is 11.3. The summed E-state index contributed by atoms with van der Waals surface area (Å²) in [5, 5.41) is 12.5. The molecule has 20 heavy (non-hydrogen) atoms. The number of aromatic nitrogens is 6. The van der Waals surface area contributed by atoms with Crippen LogP contribution >= 0.6 is 11.6 Å². The van der Waals surface area contributed by atoms with E-state index < -0.39 is 0 Å². The van der Waals surface area contributed by atoms with Crippen LogP contribution < -0.4 is 5.73 Å². The number of nitrogens with zero attached hydrogens (tertiary/aromatic N) is 6. The SMILES string of the molecule is Cn1nnc(-c2ccc(Cl)c(-c3cnc(N)cn3)c2)n1. The van der Waals surface area contributed by atoms with E-state index in [4.69, 9.17) is 17.3 Å². The van der Waals surface area contributed by atoms with Gasteiger partial charge >= 0.3 is 0 Å². The minimum Gasteiger partial charge on any atom is -0.382 e. The van der Waals surface area contributed by atoms with Crippen molar-refractivity contribution in [1.29, 1.82) is 0 Å². The Bertz CT molecular complexity index is 751. The van der Waals surface area contributed by atoms with Gasteiger partial charge in [-0.3, -0.25) is 4.98 Å².